The Morgan fingerprint density at radius 3 is 2.31 bits per heavy atom. The van der Waals surface area contributed by atoms with Gasteiger partial charge in [0.05, 0.1) is 18.4 Å². The summed E-state index contributed by atoms with van der Waals surface area (Å²) >= 11 is 0. The zero-order valence-electron chi connectivity index (χ0n) is 16.1. The van der Waals surface area contributed by atoms with Crippen molar-refractivity contribution in [3.8, 4) is 22.7 Å². The summed E-state index contributed by atoms with van der Waals surface area (Å²) in [6, 6.07) is 27.1. The summed E-state index contributed by atoms with van der Waals surface area (Å²) in [5, 5.41) is 7.68. The molecule has 0 aliphatic heterocycles. The number of nitrogens with zero attached hydrogens (tertiary/aromatic N) is 2. The third kappa shape index (κ3) is 4.04. The predicted octanol–water partition coefficient (Wildman–Crippen LogP) is 4.48. The van der Waals surface area contributed by atoms with E-state index in [-0.39, 0.29) is 5.91 Å². The maximum absolute atomic E-state index is 13.1. The van der Waals surface area contributed by atoms with E-state index in [1.54, 1.807) is 18.0 Å². The van der Waals surface area contributed by atoms with Crippen molar-refractivity contribution in [2.75, 3.05) is 7.11 Å². The minimum atomic E-state index is -0.183. The van der Waals surface area contributed by atoms with E-state index in [1.807, 2.05) is 84.9 Å². The van der Waals surface area contributed by atoms with Gasteiger partial charge < -0.3 is 10.1 Å². The molecule has 5 nitrogen and oxygen atoms in total. The highest BCUT2D eigenvalue weighted by atomic mass is 16.5. The molecule has 29 heavy (non-hydrogen) atoms. The van der Waals surface area contributed by atoms with E-state index in [2.05, 4.69) is 5.32 Å². The number of rotatable bonds is 6. The zero-order valence-corrected chi connectivity index (χ0v) is 16.1. The van der Waals surface area contributed by atoms with Crippen LogP contribution in [-0.4, -0.2) is 22.8 Å². The fourth-order valence-corrected chi connectivity index (χ4v) is 3.18. The fourth-order valence-electron chi connectivity index (χ4n) is 3.18. The van der Waals surface area contributed by atoms with Gasteiger partial charge in [-0.05, 0) is 18.2 Å². The molecule has 1 aromatic heterocycles. The van der Waals surface area contributed by atoms with Crippen LogP contribution in [0, 0.1) is 0 Å². The molecule has 1 heterocycles. The molecular weight excluding hydrogens is 362 g/mol. The van der Waals surface area contributed by atoms with Crippen molar-refractivity contribution >= 4 is 5.91 Å². The number of hydrogen-bond donors (Lipinski definition) is 1. The molecule has 0 saturated heterocycles. The highest BCUT2D eigenvalue weighted by Gasteiger charge is 2.18. The minimum absolute atomic E-state index is 0.183. The Balaban J connectivity index is 1.66. The van der Waals surface area contributed by atoms with E-state index in [0.29, 0.717) is 17.8 Å². The van der Waals surface area contributed by atoms with Gasteiger partial charge in [0, 0.05) is 23.9 Å². The van der Waals surface area contributed by atoms with Crippen LogP contribution < -0.4 is 10.1 Å². The lowest BCUT2D eigenvalue weighted by molar-refractivity contribution is 0.0951. The van der Waals surface area contributed by atoms with Crippen LogP contribution >= 0.6 is 0 Å². The number of para-hydroxylation sites is 2. The Hall–Kier alpha value is -3.86. The second kappa shape index (κ2) is 8.44. The number of hydrogen-bond acceptors (Lipinski definition) is 3. The van der Waals surface area contributed by atoms with Gasteiger partial charge in [0.15, 0.2) is 0 Å². The van der Waals surface area contributed by atoms with Crippen LogP contribution in [0.5, 0.6) is 5.75 Å². The van der Waals surface area contributed by atoms with E-state index >= 15 is 0 Å². The highest BCUT2D eigenvalue weighted by molar-refractivity contribution is 5.99. The minimum Gasteiger partial charge on any atom is -0.496 e. The van der Waals surface area contributed by atoms with Crippen LogP contribution in [0.25, 0.3) is 16.9 Å². The lowest BCUT2D eigenvalue weighted by atomic mass is 10.1. The van der Waals surface area contributed by atoms with Gasteiger partial charge >= 0.3 is 0 Å². The average Bonchev–Trinajstić information content (AvgIpc) is 3.24. The number of benzene rings is 3. The van der Waals surface area contributed by atoms with Crippen molar-refractivity contribution in [2.45, 2.75) is 6.54 Å². The van der Waals surface area contributed by atoms with Crippen molar-refractivity contribution in [1.82, 2.24) is 15.1 Å². The summed E-state index contributed by atoms with van der Waals surface area (Å²) in [6.07, 6.45) is 1.77. The van der Waals surface area contributed by atoms with Gasteiger partial charge in [0.25, 0.3) is 5.91 Å². The maximum atomic E-state index is 13.1. The Morgan fingerprint density at radius 2 is 1.59 bits per heavy atom. The Kier molecular flexibility index (Phi) is 5.38. The third-order valence-electron chi connectivity index (χ3n) is 4.66. The molecule has 1 amide bonds. The number of carbonyl (C=O) groups is 1. The number of ether oxygens (including phenoxy) is 1. The smallest absolute Gasteiger partial charge is 0.255 e. The molecule has 1 N–H and O–H groups in total. The maximum Gasteiger partial charge on any atom is 0.255 e. The molecule has 0 bridgehead atoms. The quantitative estimate of drug-likeness (QED) is 0.534. The fraction of sp³-hybridized carbons (Fsp3) is 0.0833. The molecule has 0 fully saturated rings. The van der Waals surface area contributed by atoms with E-state index in [0.717, 1.165) is 22.6 Å². The molecule has 0 aliphatic rings. The molecule has 4 aromatic rings. The van der Waals surface area contributed by atoms with Crippen molar-refractivity contribution in [3.63, 3.8) is 0 Å². The molecule has 0 atom stereocenters. The van der Waals surface area contributed by atoms with Gasteiger partial charge in [-0.15, -0.1) is 0 Å². The first-order valence-electron chi connectivity index (χ1n) is 9.37. The van der Waals surface area contributed by atoms with Gasteiger partial charge in [-0.25, -0.2) is 4.68 Å². The van der Waals surface area contributed by atoms with Crippen LogP contribution in [0.15, 0.2) is 91.1 Å². The van der Waals surface area contributed by atoms with Crippen molar-refractivity contribution in [1.29, 1.82) is 0 Å². The molecule has 0 saturated carbocycles. The van der Waals surface area contributed by atoms with Gasteiger partial charge in [-0.2, -0.15) is 5.10 Å². The van der Waals surface area contributed by atoms with Gasteiger partial charge in [0.2, 0.25) is 0 Å². The molecular formula is C24H21N3O2. The second-order valence-electron chi connectivity index (χ2n) is 6.53. The Morgan fingerprint density at radius 1 is 0.931 bits per heavy atom. The monoisotopic (exact) mass is 383 g/mol. The molecule has 0 spiro atoms. The Labute approximate surface area is 169 Å². The summed E-state index contributed by atoms with van der Waals surface area (Å²) in [4.78, 5) is 13.1. The van der Waals surface area contributed by atoms with Crippen molar-refractivity contribution < 1.29 is 9.53 Å². The zero-order chi connectivity index (χ0) is 20.1. The standard InChI is InChI=1S/C24H21N3O2/c1-29-22-15-9-8-12-19(22)16-25-24(28)21-17-27(20-13-6-3-7-14-20)26-23(21)18-10-4-2-5-11-18/h2-15,17H,16H2,1H3,(H,25,28). The second-order valence-corrected chi connectivity index (χ2v) is 6.53. The predicted molar refractivity (Wildman–Crippen MR) is 113 cm³/mol. The average molecular weight is 383 g/mol. The van der Waals surface area contributed by atoms with Crippen LogP contribution in [0.1, 0.15) is 15.9 Å². The van der Waals surface area contributed by atoms with Gasteiger partial charge in [-0.3, -0.25) is 4.79 Å². The first-order valence-corrected chi connectivity index (χ1v) is 9.37. The van der Waals surface area contributed by atoms with Crippen LogP contribution in [0.3, 0.4) is 0 Å². The molecule has 4 rings (SSSR count). The third-order valence-corrected chi connectivity index (χ3v) is 4.66. The van der Waals surface area contributed by atoms with Crippen LogP contribution in [0.4, 0.5) is 0 Å². The summed E-state index contributed by atoms with van der Waals surface area (Å²) in [6.45, 7) is 0.369. The first-order chi connectivity index (χ1) is 14.3. The molecule has 0 unspecified atom stereocenters. The van der Waals surface area contributed by atoms with E-state index in [9.17, 15) is 4.79 Å². The number of nitrogens with one attached hydrogen (secondary N) is 1. The molecule has 0 aliphatic carbocycles. The van der Waals surface area contributed by atoms with Gasteiger partial charge in [0.1, 0.15) is 11.4 Å². The number of carbonyl (C=O) groups excluding carboxylic acids is 1. The normalized spacial score (nSPS) is 10.5. The Bertz CT molecular complexity index is 1110. The summed E-state index contributed by atoms with van der Waals surface area (Å²) in [5.74, 6) is 0.563. The largest absolute Gasteiger partial charge is 0.496 e. The SMILES string of the molecule is COc1ccccc1CNC(=O)c1cn(-c2ccccc2)nc1-c1ccccc1. The lowest BCUT2D eigenvalue weighted by Gasteiger charge is -2.09. The molecule has 5 heteroatoms. The number of amides is 1. The summed E-state index contributed by atoms with van der Waals surface area (Å²) < 4.78 is 7.11. The van der Waals surface area contributed by atoms with Crippen LogP contribution in [0.2, 0.25) is 0 Å². The summed E-state index contributed by atoms with van der Waals surface area (Å²) in [5.41, 5.74) is 3.88. The molecule has 0 radical (unpaired) electrons. The highest BCUT2D eigenvalue weighted by Crippen LogP contribution is 2.24. The summed E-state index contributed by atoms with van der Waals surface area (Å²) in [7, 11) is 1.62. The van der Waals surface area contributed by atoms with E-state index in [4.69, 9.17) is 9.84 Å². The van der Waals surface area contributed by atoms with Gasteiger partial charge in [-0.1, -0.05) is 66.7 Å². The molecule has 3 aromatic carbocycles. The van der Waals surface area contributed by atoms with Crippen molar-refractivity contribution in [2.24, 2.45) is 0 Å². The number of aromatic nitrogens is 2. The molecule has 144 valence electrons. The van der Waals surface area contributed by atoms with Crippen LogP contribution in [-0.2, 0) is 6.54 Å². The van der Waals surface area contributed by atoms with E-state index < -0.39 is 0 Å². The van der Waals surface area contributed by atoms with E-state index in [1.165, 1.54) is 0 Å². The van der Waals surface area contributed by atoms with Crippen molar-refractivity contribution in [3.05, 3.63) is 102 Å². The topological polar surface area (TPSA) is 56.1 Å². The lowest BCUT2D eigenvalue weighted by Crippen LogP contribution is -2.23. The first kappa shape index (κ1) is 18.5. The number of methoxy groups -OCH3 is 1.